The third kappa shape index (κ3) is 1.23. The predicted octanol–water partition coefficient (Wildman–Crippen LogP) is 2.39. The minimum atomic E-state index is 0.328. The third-order valence-electron chi connectivity index (χ3n) is 4.61. The SMILES string of the molecule is CC1OC[C@@]23CN2[C@H](c2ccccc2)C=C[C@H]13. The van der Waals surface area contributed by atoms with E-state index in [1.54, 1.807) is 0 Å². The minimum absolute atomic E-state index is 0.328. The van der Waals surface area contributed by atoms with Gasteiger partial charge in [0.2, 0.25) is 0 Å². The lowest BCUT2D eigenvalue weighted by molar-refractivity contribution is 0.112. The van der Waals surface area contributed by atoms with Gasteiger partial charge in [-0.3, -0.25) is 4.90 Å². The number of ether oxygens (including phenoxy) is 1. The highest BCUT2D eigenvalue weighted by atomic mass is 16.5. The number of hydrogen-bond donors (Lipinski definition) is 0. The second-order valence-corrected chi connectivity index (χ2v) is 5.51. The molecule has 1 aromatic carbocycles. The Labute approximate surface area is 102 Å². The molecule has 4 rings (SSSR count). The Hall–Kier alpha value is -1.12. The monoisotopic (exact) mass is 227 g/mol. The normalized spacial score (nSPS) is 46.4. The molecule has 0 bridgehead atoms. The molecule has 1 aromatic rings. The largest absolute Gasteiger partial charge is 0.376 e. The zero-order valence-electron chi connectivity index (χ0n) is 10.0. The van der Waals surface area contributed by atoms with E-state index in [0.29, 0.717) is 23.6 Å². The summed E-state index contributed by atoms with van der Waals surface area (Å²) >= 11 is 0. The first-order valence-corrected chi connectivity index (χ1v) is 6.43. The van der Waals surface area contributed by atoms with E-state index in [1.807, 2.05) is 0 Å². The van der Waals surface area contributed by atoms with Crippen molar-refractivity contribution in [3.05, 3.63) is 48.0 Å². The molecule has 2 heteroatoms. The lowest BCUT2D eigenvalue weighted by Gasteiger charge is -2.27. The number of hydrogen-bond acceptors (Lipinski definition) is 2. The van der Waals surface area contributed by atoms with Gasteiger partial charge in [-0.25, -0.2) is 0 Å². The molecule has 88 valence electrons. The molecule has 0 aromatic heterocycles. The van der Waals surface area contributed by atoms with Gasteiger partial charge in [0.15, 0.2) is 0 Å². The van der Waals surface area contributed by atoms with Crippen molar-refractivity contribution in [3.8, 4) is 0 Å². The molecule has 0 aliphatic carbocycles. The molecule has 3 aliphatic rings. The first-order chi connectivity index (χ1) is 8.31. The van der Waals surface area contributed by atoms with Crippen molar-refractivity contribution in [1.82, 2.24) is 4.90 Å². The van der Waals surface area contributed by atoms with E-state index in [1.165, 1.54) is 12.1 Å². The van der Waals surface area contributed by atoms with E-state index >= 15 is 0 Å². The van der Waals surface area contributed by atoms with Crippen LogP contribution in [0.1, 0.15) is 18.5 Å². The fourth-order valence-corrected chi connectivity index (χ4v) is 3.58. The van der Waals surface area contributed by atoms with Crippen LogP contribution in [0.4, 0.5) is 0 Å². The van der Waals surface area contributed by atoms with Crippen LogP contribution < -0.4 is 0 Å². The highest BCUT2D eigenvalue weighted by Gasteiger charge is 2.65. The molecule has 3 heterocycles. The Bertz CT molecular complexity index is 469. The fraction of sp³-hybridized carbons (Fsp3) is 0.467. The molecule has 5 atom stereocenters. The van der Waals surface area contributed by atoms with Crippen molar-refractivity contribution in [2.24, 2.45) is 5.92 Å². The van der Waals surface area contributed by atoms with E-state index in [0.717, 1.165) is 6.61 Å². The van der Waals surface area contributed by atoms with Gasteiger partial charge in [-0.2, -0.15) is 0 Å². The molecule has 2 saturated heterocycles. The molecule has 2 fully saturated rings. The summed E-state index contributed by atoms with van der Waals surface area (Å²) < 4.78 is 5.84. The van der Waals surface area contributed by atoms with Gasteiger partial charge in [0, 0.05) is 12.5 Å². The molecule has 0 N–H and O–H groups in total. The maximum atomic E-state index is 5.84. The number of benzene rings is 1. The molecule has 17 heavy (non-hydrogen) atoms. The molecular formula is C15H17NO. The summed E-state index contributed by atoms with van der Waals surface area (Å²) in [5.41, 5.74) is 1.73. The average molecular weight is 227 g/mol. The lowest BCUT2D eigenvalue weighted by Crippen LogP contribution is -2.33. The van der Waals surface area contributed by atoms with Crippen LogP contribution in [0.3, 0.4) is 0 Å². The quantitative estimate of drug-likeness (QED) is 0.539. The second-order valence-electron chi connectivity index (χ2n) is 5.51. The zero-order chi connectivity index (χ0) is 11.5. The van der Waals surface area contributed by atoms with Gasteiger partial charge in [-0.1, -0.05) is 42.5 Å². The lowest BCUT2D eigenvalue weighted by atomic mass is 9.86. The summed E-state index contributed by atoms with van der Waals surface area (Å²) in [7, 11) is 0. The first kappa shape index (κ1) is 9.86. The van der Waals surface area contributed by atoms with E-state index in [2.05, 4.69) is 54.3 Å². The van der Waals surface area contributed by atoms with Crippen molar-refractivity contribution in [3.63, 3.8) is 0 Å². The fourth-order valence-electron chi connectivity index (χ4n) is 3.58. The van der Waals surface area contributed by atoms with Crippen LogP contribution in [-0.2, 0) is 4.74 Å². The van der Waals surface area contributed by atoms with E-state index in [9.17, 15) is 0 Å². The van der Waals surface area contributed by atoms with E-state index < -0.39 is 0 Å². The Balaban J connectivity index is 1.70. The van der Waals surface area contributed by atoms with Crippen molar-refractivity contribution >= 4 is 0 Å². The van der Waals surface area contributed by atoms with Crippen LogP contribution in [0.2, 0.25) is 0 Å². The Kier molecular flexibility index (Phi) is 1.86. The summed E-state index contributed by atoms with van der Waals surface area (Å²) in [6, 6.07) is 11.2. The Morgan fingerprint density at radius 2 is 2.06 bits per heavy atom. The zero-order valence-corrected chi connectivity index (χ0v) is 10.0. The van der Waals surface area contributed by atoms with Gasteiger partial charge >= 0.3 is 0 Å². The smallest absolute Gasteiger partial charge is 0.0674 e. The molecule has 2 nitrogen and oxygen atoms in total. The van der Waals surface area contributed by atoms with Gasteiger partial charge in [0.25, 0.3) is 0 Å². The molecular weight excluding hydrogens is 210 g/mol. The summed E-state index contributed by atoms with van der Waals surface area (Å²) in [6.07, 6.45) is 5.13. The standard InChI is InChI=1S/C15H17NO/c1-11-13-7-8-14(12-5-3-2-4-6-12)16-9-15(13,16)10-17-11/h2-8,11,13-14H,9-10H2,1H3/t11?,13-,14+,15-,16?/m1/s1. The Morgan fingerprint density at radius 3 is 2.88 bits per heavy atom. The van der Waals surface area contributed by atoms with Crippen molar-refractivity contribution < 1.29 is 4.74 Å². The van der Waals surface area contributed by atoms with Crippen LogP contribution in [0.25, 0.3) is 0 Å². The second kappa shape index (κ2) is 3.21. The van der Waals surface area contributed by atoms with Crippen LogP contribution in [0.15, 0.2) is 42.5 Å². The van der Waals surface area contributed by atoms with Gasteiger partial charge < -0.3 is 4.74 Å². The van der Waals surface area contributed by atoms with Crippen molar-refractivity contribution in [2.45, 2.75) is 24.6 Å². The summed E-state index contributed by atoms with van der Waals surface area (Å²) in [5, 5.41) is 0. The van der Waals surface area contributed by atoms with E-state index in [4.69, 9.17) is 4.74 Å². The minimum Gasteiger partial charge on any atom is -0.376 e. The van der Waals surface area contributed by atoms with Gasteiger partial charge in [-0.15, -0.1) is 0 Å². The van der Waals surface area contributed by atoms with Crippen LogP contribution >= 0.6 is 0 Å². The number of nitrogens with zero attached hydrogens (tertiary/aromatic N) is 1. The molecule has 2 unspecified atom stereocenters. The Morgan fingerprint density at radius 1 is 1.24 bits per heavy atom. The molecule has 0 amide bonds. The summed E-state index contributed by atoms with van der Waals surface area (Å²) in [6.45, 7) is 4.30. The van der Waals surface area contributed by atoms with Gasteiger partial charge in [0.05, 0.1) is 24.3 Å². The van der Waals surface area contributed by atoms with Crippen molar-refractivity contribution in [1.29, 1.82) is 0 Å². The predicted molar refractivity (Wildman–Crippen MR) is 66.7 cm³/mol. The topological polar surface area (TPSA) is 12.2 Å². The third-order valence-corrected chi connectivity index (χ3v) is 4.61. The highest BCUT2D eigenvalue weighted by Crippen LogP contribution is 2.55. The van der Waals surface area contributed by atoms with Crippen LogP contribution in [0, 0.1) is 5.92 Å². The number of rotatable bonds is 1. The van der Waals surface area contributed by atoms with Crippen molar-refractivity contribution in [2.75, 3.05) is 13.2 Å². The van der Waals surface area contributed by atoms with Gasteiger partial charge in [-0.05, 0) is 12.5 Å². The van der Waals surface area contributed by atoms with Crippen LogP contribution in [0.5, 0.6) is 0 Å². The maximum absolute atomic E-state index is 5.84. The molecule has 1 spiro atoms. The molecule has 3 aliphatic heterocycles. The average Bonchev–Trinajstić information content (AvgIpc) is 3.03. The maximum Gasteiger partial charge on any atom is 0.0674 e. The van der Waals surface area contributed by atoms with Gasteiger partial charge in [0.1, 0.15) is 0 Å². The summed E-state index contributed by atoms with van der Waals surface area (Å²) in [5.74, 6) is 0.600. The highest BCUT2D eigenvalue weighted by molar-refractivity contribution is 5.35. The van der Waals surface area contributed by atoms with E-state index in [-0.39, 0.29) is 0 Å². The first-order valence-electron chi connectivity index (χ1n) is 6.43. The molecule has 0 saturated carbocycles. The van der Waals surface area contributed by atoms with Crippen LogP contribution in [-0.4, -0.2) is 29.7 Å². The molecule has 0 radical (unpaired) electrons. The summed E-state index contributed by atoms with van der Waals surface area (Å²) in [4.78, 5) is 2.59.